The van der Waals surface area contributed by atoms with Gasteiger partial charge in [-0.2, -0.15) is 0 Å². The van der Waals surface area contributed by atoms with Crippen LogP contribution in [0.3, 0.4) is 0 Å². The fourth-order valence-corrected chi connectivity index (χ4v) is 3.48. The highest BCUT2D eigenvalue weighted by molar-refractivity contribution is 5.94. The van der Waals surface area contributed by atoms with E-state index in [2.05, 4.69) is 34.3 Å². The highest BCUT2D eigenvalue weighted by Gasteiger charge is 2.25. The third kappa shape index (κ3) is 4.82. The first-order chi connectivity index (χ1) is 13.9. The lowest BCUT2D eigenvalue weighted by molar-refractivity contribution is 0.0570. The number of piperazine rings is 1. The molecule has 1 aliphatic rings. The number of benzene rings is 1. The number of rotatable bonds is 4. The van der Waals surface area contributed by atoms with Gasteiger partial charge in [0, 0.05) is 44.3 Å². The summed E-state index contributed by atoms with van der Waals surface area (Å²) in [4.78, 5) is 36.4. The van der Waals surface area contributed by atoms with Crippen LogP contribution in [0.5, 0.6) is 0 Å². The number of nitrogens with zero attached hydrogens (tertiary/aromatic N) is 4. The lowest BCUT2D eigenvalue weighted by atomic mass is 10.1. The van der Waals surface area contributed by atoms with Crippen molar-refractivity contribution in [3.8, 4) is 0 Å². The van der Waals surface area contributed by atoms with Crippen LogP contribution in [0.15, 0.2) is 24.5 Å². The van der Waals surface area contributed by atoms with E-state index in [-0.39, 0.29) is 12.0 Å². The number of anilines is 2. The van der Waals surface area contributed by atoms with Crippen LogP contribution < -0.4 is 5.32 Å². The summed E-state index contributed by atoms with van der Waals surface area (Å²) in [6, 6.07) is 4.20. The number of nitrogens with one attached hydrogen (secondary N) is 1. The molecule has 2 amide bonds. The van der Waals surface area contributed by atoms with E-state index in [1.54, 1.807) is 16.7 Å². The lowest BCUT2D eigenvalue weighted by Gasteiger charge is -2.33. The Kier molecular flexibility index (Phi) is 6.31. The summed E-state index contributed by atoms with van der Waals surface area (Å²) >= 11 is 0. The van der Waals surface area contributed by atoms with Crippen LogP contribution in [0.4, 0.5) is 16.4 Å². The van der Waals surface area contributed by atoms with E-state index in [0.29, 0.717) is 44.3 Å². The van der Waals surface area contributed by atoms with Crippen molar-refractivity contribution in [1.29, 1.82) is 0 Å². The molecule has 0 aliphatic carbocycles. The normalized spacial score (nSPS) is 13.9. The minimum atomic E-state index is -0.333. The van der Waals surface area contributed by atoms with Crippen LogP contribution in [0, 0.1) is 20.8 Å². The monoisotopic (exact) mass is 397 g/mol. The first-order valence-corrected chi connectivity index (χ1v) is 9.77. The van der Waals surface area contributed by atoms with Gasteiger partial charge < -0.3 is 19.9 Å². The molecule has 1 aromatic heterocycles. The van der Waals surface area contributed by atoms with Crippen LogP contribution in [0.1, 0.15) is 34.0 Å². The largest absolute Gasteiger partial charge is 0.450 e. The Morgan fingerprint density at radius 3 is 2.10 bits per heavy atom. The molecule has 0 saturated carbocycles. The molecular formula is C21H27N5O3. The maximum atomic E-state index is 12.7. The van der Waals surface area contributed by atoms with Crippen molar-refractivity contribution >= 4 is 23.6 Å². The fraction of sp³-hybridized carbons (Fsp3) is 0.429. The molecule has 0 spiro atoms. The Bertz CT molecular complexity index is 867. The lowest BCUT2D eigenvalue weighted by Crippen LogP contribution is -2.50. The second kappa shape index (κ2) is 8.89. The molecule has 0 atom stereocenters. The van der Waals surface area contributed by atoms with Gasteiger partial charge in [-0.05, 0) is 38.8 Å². The summed E-state index contributed by atoms with van der Waals surface area (Å²) in [6.45, 7) is 10.1. The van der Waals surface area contributed by atoms with Crippen molar-refractivity contribution in [2.45, 2.75) is 27.7 Å². The standard InChI is InChI=1S/C21H27N5O3/c1-5-29-21(28)26-8-6-25(7-9-26)19(27)17-12-22-20(23-13-17)24-18-15(3)10-14(2)11-16(18)4/h10-13H,5-9H2,1-4H3,(H,22,23,24). The molecule has 1 aliphatic heterocycles. The Morgan fingerprint density at radius 2 is 1.55 bits per heavy atom. The Hall–Kier alpha value is -3.16. The molecule has 8 heteroatoms. The molecule has 2 aromatic rings. The van der Waals surface area contributed by atoms with Crippen molar-refractivity contribution in [2.24, 2.45) is 0 Å². The zero-order valence-corrected chi connectivity index (χ0v) is 17.4. The number of ether oxygens (including phenoxy) is 1. The number of hydrogen-bond donors (Lipinski definition) is 1. The third-order valence-corrected chi connectivity index (χ3v) is 4.91. The molecule has 0 radical (unpaired) electrons. The average molecular weight is 397 g/mol. The average Bonchev–Trinajstić information content (AvgIpc) is 2.71. The molecule has 1 aromatic carbocycles. The molecule has 3 rings (SSSR count). The highest BCUT2D eigenvalue weighted by atomic mass is 16.6. The Morgan fingerprint density at radius 1 is 1.00 bits per heavy atom. The molecule has 0 unspecified atom stereocenters. The second-order valence-corrected chi connectivity index (χ2v) is 7.17. The van der Waals surface area contributed by atoms with Gasteiger partial charge in [0.2, 0.25) is 5.95 Å². The van der Waals surface area contributed by atoms with Gasteiger partial charge in [-0.15, -0.1) is 0 Å². The van der Waals surface area contributed by atoms with Crippen molar-refractivity contribution in [3.63, 3.8) is 0 Å². The zero-order valence-electron chi connectivity index (χ0n) is 17.4. The smallest absolute Gasteiger partial charge is 0.409 e. The quantitative estimate of drug-likeness (QED) is 0.853. The second-order valence-electron chi connectivity index (χ2n) is 7.17. The topological polar surface area (TPSA) is 87.7 Å². The Balaban J connectivity index is 1.62. The molecular weight excluding hydrogens is 370 g/mol. The van der Waals surface area contributed by atoms with Crippen LogP contribution in [0.2, 0.25) is 0 Å². The number of aromatic nitrogens is 2. The summed E-state index contributed by atoms with van der Waals surface area (Å²) in [7, 11) is 0. The summed E-state index contributed by atoms with van der Waals surface area (Å²) in [5.41, 5.74) is 4.84. The molecule has 8 nitrogen and oxygen atoms in total. The molecule has 29 heavy (non-hydrogen) atoms. The number of carbonyl (C=O) groups is 2. The van der Waals surface area contributed by atoms with E-state index in [1.807, 2.05) is 13.8 Å². The van der Waals surface area contributed by atoms with Crippen LogP contribution in [-0.4, -0.2) is 64.6 Å². The minimum Gasteiger partial charge on any atom is -0.450 e. The van der Waals surface area contributed by atoms with Crippen LogP contribution in [0.25, 0.3) is 0 Å². The van der Waals surface area contributed by atoms with E-state index in [0.717, 1.165) is 16.8 Å². The summed E-state index contributed by atoms with van der Waals surface area (Å²) in [6.07, 6.45) is 2.74. The number of carbonyl (C=O) groups excluding carboxylic acids is 2. The minimum absolute atomic E-state index is 0.136. The van der Waals surface area contributed by atoms with E-state index >= 15 is 0 Å². The van der Waals surface area contributed by atoms with Gasteiger partial charge in [-0.3, -0.25) is 4.79 Å². The molecule has 1 fully saturated rings. The molecule has 2 heterocycles. The fourth-order valence-electron chi connectivity index (χ4n) is 3.48. The first-order valence-electron chi connectivity index (χ1n) is 9.77. The van der Waals surface area contributed by atoms with Crippen molar-refractivity contribution in [3.05, 3.63) is 46.8 Å². The first kappa shape index (κ1) is 20.6. The predicted molar refractivity (Wildman–Crippen MR) is 110 cm³/mol. The number of hydrogen-bond acceptors (Lipinski definition) is 6. The number of aryl methyl sites for hydroxylation is 3. The highest BCUT2D eigenvalue weighted by Crippen LogP contribution is 2.24. The van der Waals surface area contributed by atoms with Crippen LogP contribution >= 0.6 is 0 Å². The van der Waals surface area contributed by atoms with E-state index in [9.17, 15) is 9.59 Å². The summed E-state index contributed by atoms with van der Waals surface area (Å²) < 4.78 is 5.00. The van der Waals surface area contributed by atoms with E-state index in [1.165, 1.54) is 18.0 Å². The van der Waals surface area contributed by atoms with Gasteiger partial charge in [0.25, 0.3) is 5.91 Å². The Labute approximate surface area is 170 Å². The van der Waals surface area contributed by atoms with Gasteiger partial charge in [0.15, 0.2) is 0 Å². The van der Waals surface area contributed by atoms with Crippen molar-refractivity contribution < 1.29 is 14.3 Å². The van der Waals surface area contributed by atoms with Gasteiger partial charge >= 0.3 is 6.09 Å². The molecule has 1 N–H and O–H groups in total. The van der Waals surface area contributed by atoms with Crippen molar-refractivity contribution in [1.82, 2.24) is 19.8 Å². The number of amides is 2. The van der Waals surface area contributed by atoms with Crippen molar-refractivity contribution in [2.75, 3.05) is 38.1 Å². The van der Waals surface area contributed by atoms with Gasteiger partial charge in [-0.25, -0.2) is 14.8 Å². The van der Waals surface area contributed by atoms with Gasteiger partial charge in [0.1, 0.15) is 0 Å². The van der Waals surface area contributed by atoms with E-state index in [4.69, 9.17) is 4.74 Å². The predicted octanol–water partition coefficient (Wildman–Crippen LogP) is 3.06. The zero-order chi connectivity index (χ0) is 21.0. The molecule has 154 valence electrons. The van der Waals surface area contributed by atoms with E-state index < -0.39 is 0 Å². The molecule has 0 bridgehead atoms. The maximum Gasteiger partial charge on any atom is 0.409 e. The SMILES string of the molecule is CCOC(=O)N1CCN(C(=O)c2cnc(Nc3c(C)cc(C)cc3C)nc2)CC1. The van der Waals surface area contributed by atoms with Crippen LogP contribution in [-0.2, 0) is 4.74 Å². The van der Waals surface area contributed by atoms with Gasteiger partial charge in [-0.1, -0.05) is 17.7 Å². The molecule has 1 saturated heterocycles. The third-order valence-electron chi connectivity index (χ3n) is 4.91. The maximum absolute atomic E-state index is 12.7. The summed E-state index contributed by atoms with van der Waals surface area (Å²) in [5.74, 6) is 0.312. The summed E-state index contributed by atoms with van der Waals surface area (Å²) in [5, 5.41) is 3.24. The van der Waals surface area contributed by atoms with Gasteiger partial charge in [0.05, 0.1) is 12.2 Å².